The molecular weight excluding hydrogens is 274 g/mol. The van der Waals surface area contributed by atoms with Gasteiger partial charge in [0, 0.05) is 36.6 Å². The maximum Gasteiger partial charge on any atom is 0.110 e. The average Bonchev–Trinajstić information content (AvgIpc) is 3.30. The first-order valence-electron chi connectivity index (χ1n) is 8.43. The molecule has 118 valence electrons. The number of aliphatic hydroxyl groups is 1. The first-order chi connectivity index (χ1) is 10.6. The van der Waals surface area contributed by atoms with Crippen LogP contribution in [-0.4, -0.2) is 42.7 Å². The topological polar surface area (TPSA) is 39.1 Å². The Balaban J connectivity index is 1.72. The Bertz CT molecular complexity index is 619. The Hall–Kier alpha value is -1.55. The molecule has 1 unspecified atom stereocenters. The van der Waals surface area contributed by atoms with Gasteiger partial charge < -0.3 is 14.9 Å². The number of β-amino-alcohol motifs (C(OH)–C–C–N with tert-alkyl or cyclic N) is 1. The third-order valence-corrected chi connectivity index (χ3v) is 5.19. The van der Waals surface area contributed by atoms with Crippen molar-refractivity contribution in [1.82, 2.24) is 0 Å². The molecule has 2 aliphatic heterocycles. The van der Waals surface area contributed by atoms with Crippen molar-refractivity contribution >= 4 is 17.6 Å². The van der Waals surface area contributed by atoms with Crippen molar-refractivity contribution in [3.63, 3.8) is 0 Å². The lowest BCUT2D eigenvalue weighted by molar-refractivity contribution is 0.0449. The summed E-state index contributed by atoms with van der Waals surface area (Å²) >= 11 is 0. The number of rotatable bonds is 2. The molecule has 1 atom stereocenters. The van der Waals surface area contributed by atoms with Crippen LogP contribution in [0.4, 0.5) is 11.4 Å². The van der Waals surface area contributed by atoms with Gasteiger partial charge in [-0.15, -0.1) is 0 Å². The average molecular weight is 299 g/mol. The van der Waals surface area contributed by atoms with E-state index in [0.717, 1.165) is 32.6 Å². The van der Waals surface area contributed by atoms with Crippen molar-refractivity contribution in [1.29, 1.82) is 0 Å². The zero-order chi connectivity index (χ0) is 15.3. The van der Waals surface area contributed by atoms with Crippen LogP contribution < -0.4 is 9.80 Å². The summed E-state index contributed by atoms with van der Waals surface area (Å²) in [4.78, 5) is 9.34. The van der Waals surface area contributed by atoms with Gasteiger partial charge in [-0.2, -0.15) is 0 Å². The normalized spacial score (nSPS) is 28.0. The van der Waals surface area contributed by atoms with Crippen molar-refractivity contribution in [2.75, 3.05) is 29.6 Å². The van der Waals surface area contributed by atoms with E-state index in [1.807, 2.05) is 13.1 Å². The highest BCUT2D eigenvalue weighted by Crippen LogP contribution is 2.40. The third-order valence-electron chi connectivity index (χ3n) is 5.19. The summed E-state index contributed by atoms with van der Waals surface area (Å²) in [6, 6.07) is 5.08. The maximum absolute atomic E-state index is 10.4. The maximum atomic E-state index is 10.4. The largest absolute Gasteiger partial charge is 0.388 e. The molecule has 0 bridgehead atoms. The number of hydrogen-bond acceptors (Lipinski definition) is 4. The summed E-state index contributed by atoms with van der Waals surface area (Å²) in [5, 5.41) is 10.4. The monoisotopic (exact) mass is 299 g/mol. The highest BCUT2D eigenvalue weighted by molar-refractivity contribution is 5.93. The van der Waals surface area contributed by atoms with Crippen LogP contribution in [0.25, 0.3) is 0 Å². The van der Waals surface area contributed by atoms with Gasteiger partial charge in [-0.1, -0.05) is 0 Å². The van der Waals surface area contributed by atoms with Crippen LogP contribution in [0, 0.1) is 6.92 Å². The minimum atomic E-state index is -0.571. The second kappa shape index (κ2) is 4.98. The van der Waals surface area contributed by atoms with Gasteiger partial charge in [0.1, 0.15) is 6.67 Å². The summed E-state index contributed by atoms with van der Waals surface area (Å²) in [7, 11) is 0. The molecule has 1 saturated heterocycles. The van der Waals surface area contributed by atoms with E-state index in [9.17, 15) is 5.11 Å². The van der Waals surface area contributed by atoms with Crippen molar-refractivity contribution in [3.8, 4) is 0 Å². The Morgan fingerprint density at radius 1 is 1.32 bits per heavy atom. The first-order valence-corrected chi connectivity index (χ1v) is 8.43. The fourth-order valence-electron chi connectivity index (χ4n) is 3.95. The smallest absolute Gasteiger partial charge is 0.110 e. The van der Waals surface area contributed by atoms with Crippen LogP contribution in [-0.2, 0) is 0 Å². The van der Waals surface area contributed by atoms with Gasteiger partial charge in [0.05, 0.1) is 11.3 Å². The molecular formula is C18H25N3O. The molecule has 1 aliphatic carbocycles. The molecule has 0 spiro atoms. The molecule has 0 aromatic heterocycles. The summed E-state index contributed by atoms with van der Waals surface area (Å²) in [6.07, 6.45) is 6.54. The molecule has 1 aromatic carbocycles. The van der Waals surface area contributed by atoms with Gasteiger partial charge in [0.25, 0.3) is 0 Å². The van der Waals surface area contributed by atoms with Gasteiger partial charge in [-0.05, 0) is 57.2 Å². The van der Waals surface area contributed by atoms with E-state index in [2.05, 4.69) is 33.8 Å². The van der Waals surface area contributed by atoms with E-state index in [1.165, 1.54) is 35.3 Å². The second-order valence-electron chi connectivity index (χ2n) is 7.32. The molecule has 2 fully saturated rings. The second-order valence-corrected chi connectivity index (χ2v) is 7.32. The van der Waals surface area contributed by atoms with Crippen molar-refractivity contribution in [3.05, 3.63) is 23.3 Å². The molecule has 1 aromatic rings. The molecule has 0 radical (unpaired) electrons. The SMILES string of the molecule is Cc1c(N2CCCC(C)(O)C2)ccc2c1N(C1CC1)CN=C2. The predicted octanol–water partition coefficient (Wildman–Crippen LogP) is 2.71. The minimum absolute atomic E-state index is 0.571. The van der Waals surface area contributed by atoms with Gasteiger partial charge in [0.2, 0.25) is 0 Å². The fourth-order valence-corrected chi connectivity index (χ4v) is 3.95. The van der Waals surface area contributed by atoms with Crippen molar-refractivity contribution in [2.45, 2.75) is 51.2 Å². The number of aliphatic imine (C=N–C) groups is 1. The Labute approximate surface area is 132 Å². The van der Waals surface area contributed by atoms with Gasteiger partial charge in [-0.25, -0.2) is 0 Å². The standard InChI is InChI=1S/C18H25N3O/c1-13-16(20-9-3-8-18(2,22)11-20)7-4-14-10-19-12-21(17(13)14)15-5-6-15/h4,7,10,15,22H,3,5-6,8-9,11-12H2,1-2H3. The molecule has 4 rings (SSSR count). The first kappa shape index (κ1) is 14.1. The Morgan fingerprint density at radius 2 is 2.14 bits per heavy atom. The molecule has 4 heteroatoms. The van der Waals surface area contributed by atoms with Crippen molar-refractivity contribution < 1.29 is 5.11 Å². The highest BCUT2D eigenvalue weighted by Gasteiger charge is 2.34. The zero-order valence-corrected chi connectivity index (χ0v) is 13.5. The lowest BCUT2D eigenvalue weighted by Crippen LogP contribution is -2.46. The van der Waals surface area contributed by atoms with E-state index < -0.39 is 5.60 Å². The summed E-state index contributed by atoms with van der Waals surface area (Å²) < 4.78 is 0. The number of anilines is 2. The third kappa shape index (κ3) is 2.39. The Kier molecular flexibility index (Phi) is 3.19. The molecule has 1 N–H and O–H groups in total. The van der Waals surface area contributed by atoms with E-state index in [0.29, 0.717) is 6.04 Å². The summed E-state index contributed by atoms with van der Waals surface area (Å²) in [6.45, 7) is 6.74. The van der Waals surface area contributed by atoms with E-state index >= 15 is 0 Å². The van der Waals surface area contributed by atoms with Gasteiger partial charge in [-0.3, -0.25) is 4.99 Å². The van der Waals surface area contributed by atoms with E-state index in [1.54, 1.807) is 0 Å². The highest BCUT2D eigenvalue weighted by atomic mass is 16.3. The van der Waals surface area contributed by atoms with Crippen LogP contribution in [0.1, 0.15) is 43.7 Å². The number of nitrogens with zero attached hydrogens (tertiary/aromatic N) is 3. The van der Waals surface area contributed by atoms with E-state index in [4.69, 9.17) is 0 Å². The lowest BCUT2D eigenvalue weighted by atomic mass is 9.93. The Morgan fingerprint density at radius 3 is 2.86 bits per heavy atom. The molecule has 0 amide bonds. The van der Waals surface area contributed by atoms with Gasteiger partial charge >= 0.3 is 0 Å². The van der Waals surface area contributed by atoms with E-state index in [-0.39, 0.29) is 0 Å². The predicted molar refractivity (Wildman–Crippen MR) is 91.2 cm³/mol. The molecule has 1 saturated carbocycles. The molecule has 22 heavy (non-hydrogen) atoms. The summed E-state index contributed by atoms with van der Waals surface area (Å²) in [5.74, 6) is 0. The molecule has 3 aliphatic rings. The lowest BCUT2D eigenvalue weighted by Gasteiger charge is -2.40. The quantitative estimate of drug-likeness (QED) is 0.912. The fraction of sp³-hybridized carbons (Fsp3) is 0.611. The van der Waals surface area contributed by atoms with Crippen LogP contribution in [0.15, 0.2) is 17.1 Å². The number of fused-ring (bicyclic) bond motifs is 1. The number of piperidine rings is 1. The van der Waals surface area contributed by atoms with Crippen LogP contribution in [0.2, 0.25) is 0 Å². The van der Waals surface area contributed by atoms with Crippen LogP contribution in [0.5, 0.6) is 0 Å². The van der Waals surface area contributed by atoms with Crippen molar-refractivity contribution in [2.24, 2.45) is 4.99 Å². The van der Waals surface area contributed by atoms with Crippen LogP contribution in [0.3, 0.4) is 0 Å². The van der Waals surface area contributed by atoms with Gasteiger partial charge in [0.15, 0.2) is 0 Å². The summed E-state index contributed by atoms with van der Waals surface area (Å²) in [5.41, 5.74) is 4.65. The zero-order valence-electron chi connectivity index (χ0n) is 13.5. The molecule has 2 heterocycles. The molecule has 4 nitrogen and oxygen atoms in total. The van der Waals surface area contributed by atoms with Crippen LogP contribution >= 0.6 is 0 Å². The minimum Gasteiger partial charge on any atom is -0.388 e. The number of benzene rings is 1. The number of hydrogen-bond donors (Lipinski definition) is 1.